The molecule has 1 heterocycles. The molecule has 1 unspecified atom stereocenters. The van der Waals surface area contributed by atoms with E-state index in [-0.39, 0.29) is 34.5 Å². The Labute approximate surface area is 227 Å². The topological polar surface area (TPSA) is 113 Å². The molecular formula is C31H31NO7. The molecule has 0 radical (unpaired) electrons. The number of anilines is 1. The minimum Gasteiger partial charge on any atom is -0.508 e. The van der Waals surface area contributed by atoms with Gasteiger partial charge in [-0.15, -0.1) is 0 Å². The number of hydrogen-bond donors (Lipinski definition) is 2. The summed E-state index contributed by atoms with van der Waals surface area (Å²) in [5, 5.41) is 21.9. The highest BCUT2D eigenvalue weighted by Gasteiger charge is 2.47. The second-order valence-corrected chi connectivity index (χ2v) is 10.2. The molecule has 1 aliphatic rings. The summed E-state index contributed by atoms with van der Waals surface area (Å²) < 4.78 is 10.5. The van der Waals surface area contributed by atoms with Gasteiger partial charge in [0.25, 0.3) is 11.7 Å². The van der Waals surface area contributed by atoms with Crippen molar-refractivity contribution in [3.63, 3.8) is 0 Å². The third-order valence-electron chi connectivity index (χ3n) is 6.61. The van der Waals surface area contributed by atoms with Crippen molar-refractivity contribution in [2.45, 2.75) is 39.2 Å². The average Bonchev–Trinajstić information content (AvgIpc) is 3.17. The highest BCUT2D eigenvalue weighted by Crippen LogP contribution is 2.44. The molecule has 0 spiro atoms. The van der Waals surface area contributed by atoms with Gasteiger partial charge < -0.3 is 19.7 Å². The van der Waals surface area contributed by atoms with Crippen LogP contribution in [0.3, 0.4) is 0 Å². The maximum atomic E-state index is 13.5. The van der Waals surface area contributed by atoms with Gasteiger partial charge in [0, 0.05) is 5.69 Å². The molecule has 0 aliphatic carbocycles. The van der Waals surface area contributed by atoms with E-state index in [1.807, 2.05) is 26.8 Å². The number of aliphatic hydroxyl groups excluding tert-OH is 1. The number of aromatic hydroxyl groups is 1. The van der Waals surface area contributed by atoms with Crippen molar-refractivity contribution in [2.24, 2.45) is 0 Å². The van der Waals surface area contributed by atoms with Gasteiger partial charge in [-0.05, 0) is 72.0 Å². The van der Waals surface area contributed by atoms with Crippen LogP contribution in [-0.2, 0) is 19.7 Å². The second kappa shape index (κ2) is 10.6. The quantitative estimate of drug-likeness (QED) is 0.188. The number of hydrogen-bond acceptors (Lipinski definition) is 7. The molecule has 8 heteroatoms. The molecular weight excluding hydrogens is 498 g/mol. The van der Waals surface area contributed by atoms with Gasteiger partial charge >= 0.3 is 5.97 Å². The Morgan fingerprint density at radius 2 is 1.69 bits per heavy atom. The van der Waals surface area contributed by atoms with E-state index in [1.165, 1.54) is 48.4 Å². The first-order valence-corrected chi connectivity index (χ1v) is 12.5. The van der Waals surface area contributed by atoms with E-state index in [0.717, 1.165) is 5.56 Å². The number of methoxy groups -OCH3 is 1. The molecule has 1 aliphatic heterocycles. The second-order valence-electron chi connectivity index (χ2n) is 10.2. The summed E-state index contributed by atoms with van der Waals surface area (Å²) in [6, 6.07) is 16.5. The molecule has 1 amide bonds. The van der Waals surface area contributed by atoms with Gasteiger partial charge in [0.05, 0.1) is 36.5 Å². The number of phenols is 1. The van der Waals surface area contributed by atoms with Crippen molar-refractivity contribution in [3.05, 3.63) is 94.6 Å². The minimum atomic E-state index is -1.06. The number of carbonyl (C=O) groups excluding carboxylic acids is 3. The van der Waals surface area contributed by atoms with Crippen LogP contribution in [0.5, 0.6) is 11.5 Å². The maximum Gasteiger partial charge on any atom is 0.338 e. The number of amides is 1. The summed E-state index contributed by atoms with van der Waals surface area (Å²) in [5.41, 5.74) is 1.77. The normalized spacial score (nSPS) is 16.8. The van der Waals surface area contributed by atoms with Crippen LogP contribution in [0, 0.1) is 0 Å². The first-order valence-electron chi connectivity index (χ1n) is 12.5. The number of ketones is 1. The Morgan fingerprint density at radius 3 is 2.28 bits per heavy atom. The Kier molecular flexibility index (Phi) is 7.49. The highest BCUT2D eigenvalue weighted by atomic mass is 16.5. The monoisotopic (exact) mass is 529 g/mol. The van der Waals surface area contributed by atoms with Crippen molar-refractivity contribution in [1.82, 2.24) is 0 Å². The van der Waals surface area contributed by atoms with Crippen molar-refractivity contribution in [3.8, 4) is 11.5 Å². The van der Waals surface area contributed by atoms with Crippen LogP contribution < -0.4 is 9.64 Å². The van der Waals surface area contributed by atoms with E-state index in [9.17, 15) is 24.6 Å². The van der Waals surface area contributed by atoms with Crippen LogP contribution in [0.25, 0.3) is 5.76 Å². The molecule has 3 aromatic rings. The van der Waals surface area contributed by atoms with Gasteiger partial charge in [0.1, 0.15) is 17.3 Å². The summed E-state index contributed by atoms with van der Waals surface area (Å²) in [7, 11) is 1.46. The minimum absolute atomic E-state index is 0.0666. The number of rotatable bonds is 6. The van der Waals surface area contributed by atoms with Gasteiger partial charge in [-0.25, -0.2) is 4.79 Å². The van der Waals surface area contributed by atoms with Crippen molar-refractivity contribution < 1.29 is 34.1 Å². The number of aliphatic hydroxyl groups is 1. The van der Waals surface area contributed by atoms with E-state index in [2.05, 4.69) is 0 Å². The molecule has 1 atom stereocenters. The highest BCUT2D eigenvalue weighted by molar-refractivity contribution is 6.51. The molecule has 1 fully saturated rings. The van der Waals surface area contributed by atoms with Crippen molar-refractivity contribution in [1.29, 1.82) is 0 Å². The zero-order chi connectivity index (χ0) is 28.5. The Bertz CT molecular complexity index is 1460. The van der Waals surface area contributed by atoms with E-state index < -0.39 is 29.5 Å². The fraction of sp³-hybridized carbons (Fsp3) is 0.258. The van der Waals surface area contributed by atoms with Gasteiger partial charge in [-0.3, -0.25) is 14.5 Å². The largest absolute Gasteiger partial charge is 0.508 e. The molecule has 2 N–H and O–H groups in total. The SMILES string of the molecule is CCOC(=O)c1ccc(N2C(=O)C(=O)/C(=C(/O)c3cc(C(C)(C)C)ccc3OC)C2c2cccc(O)c2)cc1. The van der Waals surface area contributed by atoms with Crippen molar-refractivity contribution >= 4 is 29.1 Å². The van der Waals surface area contributed by atoms with Gasteiger partial charge in [0.2, 0.25) is 0 Å². The molecule has 0 bridgehead atoms. The van der Waals surface area contributed by atoms with Crippen LogP contribution in [0.2, 0.25) is 0 Å². The summed E-state index contributed by atoms with van der Waals surface area (Å²) in [6.45, 7) is 7.97. The molecule has 0 saturated carbocycles. The lowest BCUT2D eigenvalue weighted by Crippen LogP contribution is -2.29. The van der Waals surface area contributed by atoms with Gasteiger partial charge in [-0.2, -0.15) is 0 Å². The Hall–Kier alpha value is -4.59. The number of benzene rings is 3. The number of Topliss-reactive ketones (excluding diaryl/α,β-unsaturated/α-hetero) is 1. The lowest BCUT2D eigenvalue weighted by molar-refractivity contribution is -0.132. The summed E-state index contributed by atoms with van der Waals surface area (Å²) in [5.74, 6) is -2.39. The predicted octanol–water partition coefficient (Wildman–Crippen LogP) is 5.50. The zero-order valence-electron chi connectivity index (χ0n) is 22.5. The molecule has 3 aromatic carbocycles. The molecule has 4 rings (SSSR count). The lowest BCUT2D eigenvalue weighted by atomic mass is 9.85. The standard InChI is InChI=1S/C31H31NO7/c1-6-39-30(37)18-10-13-21(14-11-18)32-26(19-8-7-9-22(33)16-19)25(28(35)29(32)36)27(34)23-17-20(31(2,3)4)12-15-24(23)38-5/h7-17,26,33-34H,6H2,1-5H3/b27-25+. The van der Waals surface area contributed by atoms with E-state index >= 15 is 0 Å². The molecule has 8 nitrogen and oxygen atoms in total. The third kappa shape index (κ3) is 5.23. The zero-order valence-corrected chi connectivity index (χ0v) is 22.5. The molecule has 0 aromatic heterocycles. The number of esters is 1. The van der Waals surface area contributed by atoms with Crippen LogP contribution in [-0.4, -0.2) is 41.6 Å². The van der Waals surface area contributed by atoms with Crippen molar-refractivity contribution in [2.75, 3.05) is 18.6 Å². The lowest BCUT2D eigenvalue weighted by Gasteiger charge is -2.26. The fourth-order valence-electron chi connectivity index (χ4n) is 4.59. The van der Waals surface area contributed by atoms with Crippen LogP contribution in [0.15, 0.2) is 72.3 Å². The van der Waals surface area contributed by atoms with Gasteiger partial charge in [-0.1, -0.05) is 39.0 Å². The molecule has 1 saturated heterocycles. The Morgan fingerprint density at radius 1 is 1.00 bits per heavy atom. The summed E-state index contributed by atoms with van der Waals surface area (Å²) in [6.07, 6.45) is 0. The first kappa shape index (κ1) is 27.4. The van der Waals surface area contributed by atoms with E-state index in [1.54, 1.807) is 31.2 Å². The predicted molar refractivity (Wildman–Crippen MR) is 147 cm³/mol. The van der Waals surface area contributed by atoms with Crippen LogP contribution in [0.1, 0.15) is 60.8 Å². The number of nitrogens with zero attached hydrogens (tertiary/aromatic N) is 1. The summed E-state index contributed by atoms with van der Waals surface area (Å²) >= 11 is 0. The molecule has 202 valence electrons. The van der Waals surface area contributed by atoms with E-state index in [0.29, 0.717) is 17.0 Å². The van der Waals surface area contributed by atoms with Crippen LogP contribution in [0.4, 0.5) is 5.69 Å². The van der Waals surface area contributed by atoms with Gasteiger partial charge in [0.15, 0.2) is 0 Å². The Balaban J connectivity index is 1.93. The molecule has 39 heavy (non-hydrogen) atoms. The number of ether oxygens (including phenoxy) is 2. The fourth-order valence-corrected chi connectivity index (χ4v) is 4.59. The first-order chi connectivity index (χ1) is 18.5. The number of carbonyl (C=O) groups is 3. The van der Waals surface area contributed by atoms with E-state index in [4.69, 9.17) is 9.47 Å². The number of phenolic OH excluding ortho intramolecular Hbond substituents is 1. The third-order valence-corrected chi connectivity index (χ3v) is 6.61. The average molecular weight is 530 g/mol. The summed E-state index contributed by atoms with van der Waals surface area (Å²) in [4.78, 5) is 40.4. The maximum absolute atomic E-state index is 13.5. The van der Waals surface area contributed by atoms with Crippen LogP contribution >= 0.6 is 0 Å². The smallest absolute Gasteiger partial charge is 0.338 e.